The van der Waals surface area contributed by atoms with E-state index in [-0.39, 0.29) is 12.4 Å². The summed E-state index contributed by atoms with van der Waals surface area (Å²) in [4.78, 5) is 17.7. The molecule has 0 fully saturated rings. The van der Waals surface area contributed by atoms with Crippen molar-refractivity contribution in [3.63, 3.8) is 0 Å². The number of thiophene rings is 1. The van der Waals surface area contributed by atoms with E-state index in [1.165, 1.54) is 24.0 Å². The lowest BCUT2D eigenvalue weighted by atomic mass is 10.3. The summed E-state index contributed by atoms with van der Waals surface area (Å²) < 4.78 is 5.76. The van der Waals surface area contributed by atoms with Gasteiger partial charge in [-0.25, -0.2) is 4.98 Å². The van der Waals surface area contributed by atoms with Crippen LogP contribution in [0, 0.1) is 0 Å². The van der Waals surface area contributed by atoms with Crippen molar-refractivity contribution in [2.75, 3.05) is 19.1 Å². The Balaban J connectivity index is 1.99. The fourth-order valence-electron chi connectivity index (χ4n) is 1.54. The molecule has 102 valence electrons. The molecule has 0 atom stereocenters. The maximum atomic E-state index is 11.2. The van der Waals surface area contributed by atoms with Gasteiger partial charge >= 0.3 is 5.97 Å². The van der Waals surface area contributed by atoms with E-state index in [1.54, 1.807) is 11.3 Å². The Labute approximate surface area is 128 Å². The molecule has 0 unspecified atom stereocenters. The normalized spacial score (nSPS) is 10.5. The molecular weight excluding hydrogens is 348 g/mol. The Morgan fingerprint density at radius 1 is 1.47 bits per heavy atom. The summed E-state index contributed by atoms with van der Waals surface area (Å²) in [5, 5.41) is 4.91. The monoisotopic (exact) mass is 360 g/mol. The first kappa shape index (κ1) is 14.5. The fraction of sp³-hybridized carbons (Fsp3) is 0.333. The Morgan fingerprint density at radius 2 is 2.26 bits per heavy atom. The number of nitrogens with zero attached hydrogens (tertiary/aromatic N) is 2. The van der Waals surface area contributed by atoms with E-state index < -0.39 is 0 Å². The first-order chi connectivity index (χ1) is 9.08. The molecule has 0 aliphatic carbocycles. The number of thiazole rings is 1. The van der Waals surface area contributed by atoms with Gasteiger partial charge in [0.15, 0.2) is 5.13 Å². The molecular formula is C12H13BrN2O2S2. The molecule has 19 heavy (non-hydrogen) atoms. The Kier molecular flexibility index (Phi) is 4.95. The number of ether oxygens (including phenoxy) is 1. The third-order valence-corrected chi connectivity index (χ3v) is 5.02. The zero-order chi connectivity index (χ0) is 13.8. The van der Waals surface area contributed by atoms with Crippen molar-refractivity contribution < 1.29 is 9.53 Å². The van der Waals surface area contributed by atoms with Gasteiger partial charge in [0.1, 0.15) is 0 Å². The van der Waals surface area contributed by atoms with Crippen molar-refractivity contribution in [3.8, 4) is 0 Å². The summed E-state index contributed by atoms with van der Waals surface area (Å²) in [7, 11) is 3.38. The molecule has 0 N–H and O–H groups in total. The van der Waals surface area contributed by atoms with Crippen LogP contribution in [0.2, 0.25) is 0 Å². The van der Waals surface area contributed by atoms with Crippen LogP contribution in [0.4, 0.5) is 5.13 Å². The van der Waals surface area contributed by atoms with Crippen molar-refractivity contribution in [2.24, 2.45) is 0 Å². The number of aromatic nitrogens is 1. The standard InChI is InChI=1S/C12H13BrN2O2S2/c1-15(5-8-3-10(13)18-6-8)12-14-9(7-19-12)4-11(16)17-2/h3,6-7H,4-5H2,1-2H3. The molecule has 7 heteroatoms. The summed E-state index contributed by atoms with van der Waals surface area (Å²) in [5.41, 5.74) is 1.99. The summed E-state index contributed by atoms with van der Waals surface area (Å²) >= 11 is 6.66. The maximum Gasteiger partial charge on any atom is 0.311 e. The van der Waals surface area contributed by atoms with Crippen molar-refractivity contribution in [1.29, 1.82) is 0 Å². The Hall–Kier alpha value is -0.920. The number of hydrogen-bond donors (Lipinski definition) is 0. The number of carbonyl (C=O) groups is 1. The van der Waals surface area contributed by atoms with Gasteiger partial charge in [-0.15, -0.1) is 22.7 Å². The van der Waals surface area contributed by atoms with E-state index in [2.05, 4.69) is 42.0 Å². The number of halogens is 1. The highest BCUT2D eigenvalue weighted by Crippen LogP contribution is 2.25. The number of rotatable bonds is 5. The molecule has 2 aromatic rings. The molecule has 2 heterocycles. The van der Waals surface area contributed by atoms with Crippen molar-refractivity contribution in [1.82, 2.24) is 4.98 Å². The smallest absolute Gasteiger partial charge is 0.311 e. The predicted octanol–water partition coefficient (Wildman–Crippen LogP) is 3.32. The minimum absolute atomic E-state index is 0.227. The molecule has 2 rings (SSSR count). The van der Waals surface area contributed by atoms with Crippen molar-refractivity contribution >= 4 is 49.7 Å². The highest BCUT2D eigenvalue weighted by molar-refractivity contribution is 9.11. The van der Waals surface area contributed by atoms with Gasteiger partial charge in [-0.1, -0.05) is 0 Å². The summed E-state index contributed by atoms with van der Waals surface area (Å²) in [5.74, 6) is -0.263. The van der Waals surface area contributed by atoms with Crippen LogP contribution < -0.4 is 4.90 Å². The Morgan fingerprint density at radius 3 is 2.89 bits per heavy atom. The van der Waals surface area contributed by atoms with Crippen LogP contribution in [-0.4, -0.2) is 25.1 Å². The lowest BCUT2D eigenvalue weighted by Gasteiger charge is -2.14. The number of esters is 1. The third kappa shape index (κ3) is 4.02. The zero-order valence-corrected chi connectivity index (χ0v) is 13.8. The zero-order valence-electron chi connectivity index (χ0n) is 10.6. The van der Waals surface area contributed by atoms with E-state index in [9.17, 15) is 4.79 Å². The van der Waals surface area contributed by atoms with Gasteiger partial charge < -0.3 is 9.64 Å². The third-order valence-electron chi connectivity index (χ3n) is 2.46. The topological polar surface area (TPSA) is 42.4 Å². The molecule has 4 nitrogen and oxygen atoms in total. The minimum Gasteiger partial charge on any atom is -0.469 e. The van der Waals surface area contributed by atoms with Gasteiger partial charge in [-0.05, 0) is 32.9 Å². The molecule has 0 aromatic carbocycles. The van der Waals surface area contributed by atoms with E-state index in [1.807, 2.05) is 12.4 Å². The number of methoxy groups -OCH3 is 1. The van der Waals surface area contributed by atoms with Crippen LogP contribution in [0.5, 0.6) is 0 Å². The summed E-state index contributed by atoms with van der Waals surface area (Å²) in [6.07, 6.45) is 0.227. The second-order valence-corrected chi connectivity index (χ2v) is 7.12. The first-order valence-electron chi connectivity index (χ1n) is 5.53. The average molecular weight is 361 g/mol. The lowest BCUT2D eigenvalue weighted by molar-refractivity contribution is -0.139. The molecule has 2 aromatic heterocycles. The van der Waals surface area contributed by atoms with Gasteiger partial charge in [0.25, 0.3) is 0 Å². The van der Waals surface area contributed by atoms with E-state index >= 15 is 0 Å². The van der Waals surface area contributed by atoms with Crippen molar-refractivity contribution in [3.05, 3.63) is 31.9 Å². The molecule has 0 radical (unpaired) electrons. The summed E-state index contributed by atoms with van der Waals surface area (Å²) in [6, 6.07) is 2.10. The lowest BCUT2D eigenvalue weighted by Crippen LogP contribution is -2.15. The van der Waals surface area contributed by atoms with Crippen LogP contribution in [0.25, 0.3) is 0 Å². The maximum absolute atomic E-state index is 11.2. The summed E-state index contributed by atoms with van der Waals surface area (Å²) in [6.45, 7) is 0.799. The fourth-order valence-corrected chi connectivity index (χ4v) is 3.54. The SMILES string of the molecule is COC(=O)Cc1csc(N(C)Cc2csc(Br)c2)n1. The van der Waals surface area contributed by atoms with Crippen LogP contribution in [0.15, 0.2) is 20.6 Å². The largest absolute Gasteiger partial charge is 0.469 e. The van der Waals surface area contributed by atoms with E-state index in [0.29, 0.717) is 0 Å². The second-order valence-electron chi connectivity index (χ2n) is 3.99. The average Bonchev–Trinajstić information content (AvgIpc) is 2.98. The van der Waals surface area contributed by atoms with E-state index in [0.717, 1.165) is 21.2 Å². The van der Waals surface area contributed by atoms with Crippen LogP contribution in [0.1, 0.15) is 11.3 Å². The van der Waals surface area contributed by atoms with Gasteiger partial charge in [-0.2, -0.15) is 0 Å². The van der Waals surface area contributed by atoms with Crippen molar-refractivity contribution in [2.45, 2.75) is 13.0 Å². The quantitative estimate of drug-likeness (QED) is 0.767. The molecule has 0 aliphatic heterocycles. The number of anilines is 1. The first-order valence-corrected chi connectivity index (χ1v) is 8.09. The Bertz CT molecular complexity index is 568. The molecule has 0 saturated carbocycles. The highest BCUT2D eigenvalue weighted by atomic mass is 79.9. The van der Waals surface area contributed by atoms with Crippen LogP contribution >= 0.6 is 38.6 Å². The van der Waals surface area contributed by atoms with Gasteiger partial charge in [-0.3, -0.25) is 4.79 Å². The van der Waals surface area contributed by atoms with Gasteiger partial charge in [0, 0.05) is 19.0 Å². The highest BCUT2D eigenvalue weighted by Gasteiger charge is 2.11. The van der Waals surface area contributed by atoms with Gasteiger partial charge in [0.2, 0.25) is 0 Å². The molecule has 0 aliphatic rings. The molecule has 0 spiro atoms. The van der Waals surface area contributed by atoms with Crippen LogP contribution in [-0.2, 0) is 22.5 Å². The number of carbonyl (C=O) groups excluding carboxylic acids is 1. The van der Waals surface area contributed by atoms with Crippen LogP contribution in [0.3, 0.4) is 0 Å². The predicted molar refractivity (Wildman–Crippen MR) is 82.0 cm³/mol. The van der Waals surface area contributed by atoms with Gasteiger partial charge in [0.05, 0.1) is 23.0 Å². The molecule has 0 bridgehead atoms. The van der Waals surface area contributed by atoms with E-state index in [4.69, 9.17) is 0 Å². The second kappa shape index (κ2) is 6.49. The molecule has 0 saturated heterocycles. The minimum atomic E-state index is -0.263. The molecule has 0 amide bonds. The number of hydrogen-bond acceptors (Lipinski definition) is 6.